The van der Waals surface area contributed by atoms with E-state index < -0.39 is 5.60 Å². The Morgan fingerprint density at radius 1 is 1.19 bits per heavy atom. The van der Waals surface area contributed by atoms with Crippen LogP contribution in [-0.4, -0.2) is 30.6 Å². The number of aryl methyl sites for hydroxylation is 1. The van der Waals surface area contributed by atoms with Gasteiger partial charge in [-0.1, -0.05) is 36.4 Å². The molecule has 1 fully saturated rings. The van der Waals surface area contributed by atoms with Gasteiger partial charge in [0.25, 0.3) is 0 Å². The highest BCUT2D eigenvalue weighted by atomic mass is 79.9. The Labute approximate surface area is 170 Å². The molecule has 0 amide bonds. The molecule has 0 heterocycles. The standard InChI is InChI=1S/C23H29BrFNO/c1-26(2)16-20-14-18(9-8-17-6-4-3-5-7-17)12-13-23(20,27)19-10-11-21(24)22(25)15-19/h3-7,10-11,15,18,20,27H,8-9,12-14,16H2,1-2H3. The maximum atomic E-state index is 14.1. The summed E-state index contributed by atoms with van der Waals surface area (Å²) in [5.41, 5.74) is 1.11. The number of halogens is 2. The van der Waals surface area contributed by atoms with Gasteiger partial charge >= 0.3 is 0 Å². The zero-order chi connectivity index (χ0) is 19.4. The van der Waals surface area contributed by atoms with Crippen LogP contribution in [0.25, 0.3) is 0 Å². The summed E-state index contributed by atoms with van der Waals surface area (Å²) in [5.74, 6) is 0.383. The Bertz CT molecular complexity index is 751. The molecule has 3 atom stereocenters. The maximum absolute atomic E-state index is 14.1. The summed E-state index contributed by atoms with van der Waals surface area (Å²) in [5, 5.41) is 11.6. The Hall–Kier alpha value is -1.23. The summed E-state index contributed by atoms with van der Waals surface area (Å²) in [6.45, 7) is 0.802. The molecule has 1 saturated carbocycles. The number of hydrogen-bond donors (Lipinski definition) is 1. The van der Waals surface area contributed by atoms with E-state index in [1.807, 2.05) is 20.2 Å². The summed E-state index contributed by atoms with van der Waals surface area (Å²) < 4.78 is 14.6. The highest BCUT2D eigenvalue weighted by Crippen LogP contribution is 2.45. The Kier molecular flexibility index (Phi) is 6.72. The molecular weight excluding hydrogens is 405 g/mol. The van der Waals surface area contributed by atoms with E-state index in [1.165, 1.54) is 11.6 Å². The van der Waals surface area contributed by atoms with Crippen molar-refractivity contribution in [2.45, 2.75) is 37.7 Å². The first kappa shape index (κ1) is 20.5. The van der Waals surface area contributed by atoms with Crippen molar-refractivity contribution in [3.05, 3.63) is 69.9 Å². The van der Waals surface area contributed by atoms with E-state index in [1.54, 1.807) is 6.07 Å². The molecule has 0 saturated heterocycles. The van der Waals surface area contributed by atoms with Crippen molar-refractivity contribution in [3.8, 4) is 0 Å². The molecule has 1 aliphatic rings. The monoisotopic (exact) mass is 433 g/mol. The molecule has 0 radical (unpaired) electrons. The van der Waals surface area contributed by atoms with E-state index in [2.05, 4.69) is 51.2 Å². The molecule has 3 rings (SSSR count). The molecule has 1 aliphatic carbocycles. The van der Waals surface area contributed by atoms with E-state index in [4.69, 9.17) is 0 Å². The van der Waals surface area contributed by atoms with Crippen LogP contribution in [0.1, 0.15) is 36.8 Å². The number of nitrogens with zero attached hydrogens (tertiary/aromatic N) is 1. The predicted octanol–water partition coefficient (Wildman–Crippen LogP) is 5.39. The average Bonchev–Trinajstić information content (AvgIpc) is 2.65. The van der Waals surface area contributed by atoms with Crippen LogP contribution in [0.4, 0.5) is 4.39 Å². The van der Waals surface area contributed by atoms with Gasteiger partial charge in [0.15, 0.2) is 0 Å². The first-order valence-corrected chi connectivity index (χ1v) is 10.5. The van der Waals surface area contributed by atoms with Gasteiger partial charge in [-0.25, -0.2) is 4.39 Å². The first-order chi connectivity index (χ1) is 12.9. The van der Waals surface area contributed by atoms with Crippen LogP contribution in [0.15, 0.2) is 53.0 Å². The van der Waals surface area contributed by atoms with Gasteiger partial charge in [-0.3, -0.25) is 0 Å². The zero-order valence-corrected chi connectivity index (χ0v) is 17.8. The van der Waals surface area contributed by atoms with Crippen molar-refractivity contribution < 1.29 is 9.50 Å². The van der Waals surface area contributed by atoms with Crippen molar-refractivity contribution in [1.82, 2.24) is 4.90 Å². The lowest BCUT2D eigenvalue weighted by Gasteiger charge is -2.44. The lowest BCUT2D eigenvalue weighted by atomic mass is 9.66. The third kappa shape index (κ3) is 4.98. The molecule has 2 nitrogen and oxygen atoms in total. The topological polar surface area (TPSA) is 23.5 Å². The normalized spacial score (nSPS) is 25.7. The lowest BCUT2D eigenvalue weighted by Crippen LogP contribution is -2.45. The van der Waals surface area contributed by atoms with Gasteiger partial charge in [0.2, 0.25) is 0 Å². The molecule has 4 heteroatoms. The molecule has 2 aromatic rings. The maximum Gasteiger partial charge on any atom is 0.137 e. The van der Waals surface area contributed by atoms with Crippen molar-refractivity contribution >= 4 is 15.9 Å². The minimum absolute atomic E-state index is 0.0996. The molecular formula is C23H29BrFNO. The Morgan fingerprint density at radius 3 is 2.59 bits per heavy atom. The van der Waals surface area contributed by atoms with Crippen LogP contribution >= 0.6 is 15.9 Å². The molecule has 0 bridgehead atoms. The van der Waals surface area contributed by atoms with Crippen LogP contribution in [0.5, 0.6) is 0 Å². The summed E-state index contributed by atoms with van der Waals surface area (Å²) in [6.07, 6.45) is 4.85. The molecule has 0 spiro atoms. The molecule has 146 valence electrons. The Balaban J connectivity index is 1.75. The number of aliphatic hydroxyl groups is 1. The van der Waals surface area contributed by atoms with Crippen LogP contribution in [0.2, 0.25) is 0 Å². The van der Waals surface area contributed by atoms with E-state index in [0.717, 1.165) is 32.2 Å². The van der Waals surface area contributed by atoms with E-state index in [0.29, 0.717) is 22.4 Å². The molecule has 27 heavy (non-hydrogen) atoms. The van der Waals surface area contributed by atoms with Gasteiger partial charge in [0.05, 0.1) is 10.1 Å². The molecule has 1 N–H and O–H groups in total. The molecule has 0 aliphatic heterocycles. The fourth-order valence-corrected chi connectivity index (χ4v) is 4.68. The smallest absolute Gasteiger partial charge is 0.137 e. The van der Waals surface area contributed by atoms with E-state index >= 15 is 0 Å². The summed E-state index contributed by atoms with van der Waals surface area (Å²) in [4.78, 5) is 2.13. The van der Waals surface area contributed by atoms with Gasteiger partial charge in [-0.2, -0.15) is 0 Å². The molecule has 3 unspecified atom stereocenters. The van der Waals surface area contributed by atoms with Crippen molar-refractivity contribution in [3.63, 3.8) is 0 Å². The minimum atomic E-state index is -0.963. The zero-order valence-electron chi connectivity index (χ0n) is 16.2. The van der Waals surface area contributed by atoms with E-state index in [9.17, 15) is 9.50 Å². The van der Waals surface area contributed by atoms with Gasteiger partial charge in [0.1, 0.15) is 5.82 Å². The third-order valence-corrected chi connectivity index (χ3v) is 6.56. The fraction of sp³-hybridized carbons (Fsp3) is 0.478. The predicted molar refractivity (Wildman–Crippen MR) is 112 cm³/mol. The highest BCUT2D eigenvalue weighted by Gasteiger charge is 2.43. The second-order valence-electron chi connectivity index (χ2n) is 8.18. The average molecular weight is 434 g/mol. The van der Waals surface area contributed by atoms with Gasteiger partial charge in [-0.15, -0.1) is 0 Å². The second kappa shape index (κ2) is 8.85. The quantitative estimate of drug-likeness (QED) is 0.660. The van der Waals surface area contributed by atoms with Crippen LogP contribution in [-0.2, 0) is 12.0 Å². The summed E-state index contributed by atoms with van der Waals surface area (Å²) in [7, 11) is 4.08. The van der Waals surface area contributed by atoms with Gasteiger partial charge < -0.3 is 10.0 Å². The van der Waals surface area contributed by atoms with Crippen molar-refractivity contribution in [2.75, 3.05) is 20.6 Å². The lowest BCUT2D eigenvalue weighted by molar-refractivity contribution is -0.0762. The second-order valence-corrected chi connectivity index (χ2v) is 9.03. The van der Waals surface area contributed by atoms with Crippen LogP contribution in [0, 0.1) is 17.7 Å². The van der Waals surface area contributed by atoms with E-state index in [-0.39, 0.29) is 11.7 Å². The van der Waals surface area contributed by atoms with Gasteiger partial charge in [-0.05, 0) is 91.3 Å². The summed E-state index contributed by atoms with van der Waals surface area (Å²) in [6, 6.07) is 15.7. The largest absolute Gasteiger partial charge is 0.385 e. The third-order valence-electron chi connectivity index (χ3n) is 5.92. The van der Waals surface area contributed by atoms with Crippen LogP contribution < -0.4 is 0 Å². The number of rotatable bonds is 6. The van der Waals surface area contributed by atoms with Crippen LogP contribution in [0.3, 0.4) is 0 Å². The fourth-order valence-electron chi connectivity index (χ4n) is 4.43. The SMILES string of the molecule is CN(C)CC1CC(CCc2ccccc2)CCC1(O)c1ccc(Br)c(F)c1. The number of hydrogen-bond acceptors (Lipinski definition) is 2. The molecule has 2 aromatic carbocycles. The first-order valence-electron chi connectivity index (χ1n) is 9.75. The Morgan fingerprint density at radius 2 is 1.93 bits per heavy atom. The summed E-state index contributed by atoms with van der Waals surface area (Å²) >= 11 is 3.21. The molecule has 0 aromatic heterocycles. The highest BCUT2D eigenvalue weighted by molar-refractivity contribution is 9.10. The van der Waals surface area contributed by atoms with Crippen molar-refractivity contribution in [2.24, 2.45) is 11.8 Å². The minimum Gasteiger partial charge on any atom is -0.385 e. The number of benzene rings is 2. The van der Waals surface area contributed by atoms with Crippen molar-refractivity contribution in [1.29, 1.82) is 0 Å². The van der Waals surface area contributed by atoms with Gasteiger partial charge in [0, 0.05) is 12.5 Å².